The smallest absolute Gasteiger partial charge is 0.274 e. The van der Waals surface area contributed by atoms with Crippen LogP contribution in [0.1, 0.15) is 63.6 Å². The first-order valence-corrected chi connectivity index (χ1v) is 9.92. The Morgan fingerprint density at radius 3 is 2.59 bits per heavy atom. The molecule has 2 aliphatic heterocycles. The molecule has 1 saturated heterocycles. The van der Waals surface area contributed by atoms with Crippen LogP contribution in [0.25, 0.3) is 0 Å². The number of aromatic amines is 1. The number of fused-ring (bicyclic) bond motifs is 2. The van der Waals surface area contributed by atoms with E-state index in [-0.39, 0.29) is 11.8 Å². The topological polar surface area (TPSA) is 87.1 Å². The number of carbonyl (C=O) groups is 2. The van der Waals surface area contributed by atoms with Gasteiger partial charge in [-0.1, -0.05) is 0 Å². The number of likely N-dealkylation sites (tertiary alicyclic amines) is 1. The molecule has 27 heavy (non-hydrogen) atoms. The molecule has 0 bridgehead atoms. The second-order valence-electron chi connectivity index (χ2n) is 7.71. The first-order chi connectivity index (χ1) is 13.2. The van der Waals surface area contributed by atoms with E-state index in [1.165, 1.54) is 0 Å². The number of aryl methyl sites for hydroxylation is 2. The highest BCUT2D eigenvalue weighted by atomic mass is 16.2. The summed E-state index contributed by atoms with van der Waals surface area (Å²) in [5.41, 5.74) is 4.20. The van der Waals surface area contributed by atoms with Crippen molar-refractivity contribution in [2.45, 2.75) is 51.6 Å². The molecule has 0 saturated carbocycles. The van der Waals surface area contributed by atoms with Gasteiger partial charge in [-0.2, -0.15) is 10.2 Å². The van der Waals surface area contributed by atoms with Gasteiger partial charge >= 0.3 is 0 Å². The zero-order valence-electron chi connectivity index (χ0n) is 15.4. The van der Waals surface area contributed by atoms with E-state index in [4.69, 9.17) is 0 Å². The third kappa shape index (κ3) is 2.83. The SMILES string of the molecule is O=C(c1cc2n(n1)CCCN(C(=O)c1n[nH]c3c1CCC3)C2)N1CCCC1. The fraction of sp³-hybridized carbons (Fsp3) is 0.579. The van der Waals surface area contributed by atoms with Gasteiger partial charge in [0.1, 0.15) is 0 Å². The highest BCUT2D eigenvalue weighted by Gasteiger charge is 2.29. The van der Waals surface area contributed by atoms with Gasteiger partial charge in [0.25, 0.3) is 11.8 Å². The van der Waals surface area contributed by atoms with Crippen LogP contribution in [-0.4, -0.2) is 61.2 Å². The minimum absolute atomic E-state index is 0.0103. The van der Waals surface area contributed by atoms with Crippen LogP contribution >= 0.6 is 0 Å². The Labute approximate surface area is 157 Å². The van der Waals surface area contributed by atoms with Gasteiger partial charge in [-0.25, -0.2) is 0 Å². The Hall–Kier alpha value is -2.64. The van der Waals surface area contributed by atoms with Crippen molar-refractivity contribution in [2.75, 3.05) is 19.6 Å². The Kier molecular flexibility index (Phi) is 3.98. The summed E-state index contributed by atoms with van der Waals surface area (Å²) in [5, 5.41) is 11.8. The molecular weight excluding hydrogens is 344 g/mol. The summed E-state index contributed by atoms with van der Waals surface area (Å²) in [6.07, 6.45) is 5.94. The van der Waals surface area contributed by atoms with E-state index in [0.717, 1.165) is 75.1 Å². The van der Waals surface area contributed by atoms with Crippen LogP contribution in [0, 0.1) is 0 Å². The van der Waals surface area contributed by atoms with Crippen LogP contribution < -0.4 is 0 Å². The van der Waals surface area contributed by atoms with Crippen molar-refractivity contribution >= 4 is 11.8 Å². The highest BCUT2D eigenvalue weighted by molar-refractivity contribution is 5.94. The fourth-order valence-electron chi connectivity index (χ4n) is 4.47. The molecule has 142 valence electrons. The average Bonchev–Trinajstić information content (AvgIpc) is 3.43. The molecule has 0 unspecified atom stereocenters. The number of rotatable bonds is 2. The van der Waals surface area contributed by atoms with E-state index >= 15 is 0 Å². The maximum Gasteiger partial charge on any atom is 0.274 e. The summed E-state index contributed by atoms with van der Waals surface area (Å²) in [6.45, 7) is 3.51. The number of nitrogens with one attached hydrogen (secondary N) is 1. The number of aromatic nitrogens is 4. The molecule has 3 aliphatic rings. The second-order valence-corrected chi connectivity index (χ2v) is 7.71. The van der Waals surface area contributed by atoms with Gasteiger partial charge < -0.3 is 9.80 Å². The molecule has 2 aromatic heterocycles. The molecular formula is C19H24N6O2. The quantitative estimate of drug-likeness (QED) is 0.867. The molecule has 0 atom stereocenters. The number of nitrogens with zero attached hydrogens (tertiary/aromatic N) is 5. The predicted octanol–water partition coefficient (Wildman–Crippen LogP) is 1.38. The summed E-state index contributed by atoms with van der Waals surface area (Å²) >= 11 is 0. The molecule has 8 nitrogen and oxygen atoms in total. The van der Waals surface area contributed by atoms with Gasteiger partial charge in [-0.05, 0) is 44.6 Å². The van der Waals surface area contributed by atoms with Gasteiger partial charge in [0.2, 0.25) is 0 Å². The number of H-pyrrole nitrogens is 1. The minimum Gasteiger partial charge on any atom is -0.337 e. The van der Waals surface area contributed by atoms with Crippen LogP contribution in [0.2, 0.25) is 0 Å². The van der Waals surface area contributed by atoms with Crippen molar-refractivity contribution < 1.29 is 9.59 Å². The van der Waals surface area contributed by atoms with E-state index in [1.54, 1.807) is 0 Å². The number of hydrogen-bond acceptors (Lipinski definition) is 4. The standard InChI is InChI=1S/C19H24N6O2/c26-18(23-7-1-2-8-23)16-11-13-12-24(9-4-10-25(13)22-16)19(27)17-14-5-3-6-15(14)20-21-17/h11H,1-10,12H2,(H,20,21). The van der Waals surface area contributed by atoms with Crippen molar-refractivity contribution in [3.63, 3.8) is 0 Å². The average molecular weight is 368 g/mol. The summed E-state index contributed by atoms with van der Waals surface area (Å²) in [5.74, 6) is -0.00691. The van der Waals surface area contributed by atoms with Crippen LogP contribution in [0.4, 0.5) is 0 Å². The van der Waals surface area contributed by atoms with Gasteiger partial charge in [-0.3, -0.25) is 19.4 Å². The van der Waals surface area contributed by atoms with Crippen LogP contribution in [-0.2, 0) is 25.9 Å². The van der Waals surface area contributed by atoms with Crippen molar-refractivity contribution in [3.8, 4) is 0 Å². The largest absolute Gasteiger partial charge is 0.337 e. The normalized spacial score (nSPS) is 19.1. The Morgan fingerprint density at radius 1 is 0.926 bits per heavy atom. The van der Waals surface area contributed by atoms with Gasteiger partial charge in [0, 0.05) is 37.4 Å². The number of hydrogen-bond donors (Lipinski definition) is 1. The van der Waals surface area contributed by atoms with Gasteiger partial charge in [0.15, 0.2) is 11.4 Å². The summed E-state index contributed by atoms with van der Waals surface area (Å²) in [6, 6.07) is 1.86. The molecule has 8 heteroatoms. The molecule has 4 heterocycles. The van der Waals surface area contributed by atoms with Crippen LogP contribution in [0.15, 0.2) is 6.07 Å². The highest BCUT2D eigenvalue weighted by Crippen LogP contribution is 2.25. The lowest BCUT2D eigenvalue weighted by molar-refractivity contribution is 0.0738. The van der Waals surface area contributed by atoms with Crippen molar-refractivity contribution in [3.05, 3.63) is 34.4 Å². The third-order valence-corrected chi connectivity index (χ3v) is 5.92. The summed E-state index contributed by atoms with van der Waals surface area (Å²) in [4.78, 5) is 29.4. The van der Waals surface area contributed by atoms with Crippen molar-refractivity contribution in [2.24, 2.45) is 0 Å². The zero-order valence-corrected chi connectivity index (χ0v) is 15.4. The summed E-state index contributed by atoms with van der Waals surface area (Å²) < 4.78 is 1.89. The number of amides is 2. The molecule has 2 amide bonds. The summed E-state index contributed by atoms with van der Waals surface area (Å²) in [7, 11) is 0. The molecule has 5 rings (SSSR count). The van der Waals surface area contributed by atoms with E-state index in [2.05, 4.69) is 15.3 Å². The molecule has 1 aliphatic carbocycles. The Balaban J connectivity index is 1.37. The Bertz CT molecular complexity index is 892. The first kappa shape index (κ1) is 16.5. The van der Waals surface area contributed by atoms with Crippen molar-refractivity contribution in [1.29, 1.82) is 0 Å². The van der Waals surface area contributed by atoms with Crippen molar-refractivity contribution in [1.82, 2.24) is 29.8 Å². The van der Waals surface area contributed by atoms with Gasteiger partial charge in [0.05, 0.1) is 12.2 Å². The predicted molar refractivity (Wildman–Crippen MR) is 97.3 cm³/mol. The molecule has 0 spiro atoms. The van der Waals surface area contributed by atoms with Gasteiger partial charge in [-0.15, -0.1) is 0 Å². The fourth-order valence-corrected chi connectivity index (χ4v) is 4.47. The molecule has 1 N–H and O–H groups in total. The monoisotopic (exact) mass is 368 g/mol. The van der Waals surface area contributed by atoms with Crippen LogP contribution in [0.5, 0.6) is 0 Å². The maximum absolute atomic E-state index is 13.1. The van der Waals surface area contributed by atoms with E-state index in [0.29, 0.717) is 24.5 Å². The molecule has 2 aromatic rings. The Morgan fingerprint density at radius 2 is 1.74 bits per heavy atom. The lowest BCUT2D eigenvalue weighted by atomic mass is 10.1. The zero-order chi connectivity index (χ0) is 18.4. The minimum atomic E-state index is -0.0172. The lowest BCUT2D eigenvalue weighted by Gasteiger charge is -2.19. The third-order valence-electron chi connectivity index (χ3n) is 5.92. The maximum atomic E-state index is 13.1. The second kappa shape index (κ2) is 6.51. The van der Waals surface area contributed by atoms with E-state index in [9.17, 15) is 9.59 Å². The molecule has 0 radical (unpaired) electrons. The van der Waals surface area contributed by atoms with Crippen LogP contribution in [0.3, 0.4) is 0 Å². The molecule has 0 aromatic carbocycles. The molecule has 1 fully saturated rings. The van der Waals surface area contributed by atoms with E-state index < -0.39 is 0 Å². The lowest BCUT2D eigenvalue weighted by Crippen LogP contribution is -2.31. The van der Waals surface area contributed by atoms with E-state index in [1.807, 2.05) is 20.5 Å². The first-order valence-electron chi connectivity index (χ1n) is 9.92. The number of carbonyl (C=O) groups excluding carboxylic acids is 2.